The SMILES string of the molecule is N[C@@H]1[C@@H](O[C@@H]2[C@@H](O)[C@H](N)[C@@H](O[C@@H]3[C@@H](O)[C@H](N)[C@@H](O)O[C@@H]3CO)O[C@@H]2CO)O[C@H](CO)[C@H](O)[C@H]1O. The molecular formula is C18H35N3O13. The minimum Gasteiger partial charge on any atom is -0.394 e. The number of hydrogen-bond donors (Lipinski definition) is 11. The highest BCUT2D eigenvalue weighted by molar-refractivity contribution is 4.98. The Hall–Kier alpha value is -0.640. The van der Waals surface area contributed by atoms with Gasteiger partial charge in [-0.05, 0) is 0 Å². The molecule has 0 bridgehead atoms. The van der Waals surface area contributed by atoms with E-state index in [1.807, 2.05) is 0 Å². The van der Waals surface area contributed by atoms with Crippen LogP contribution >= 0.6 is 0 Å². The molecule has 3 aliphatic heterocycles. The fourth-order valence-corrected chi connectivity index (χ4v) is 4.18. The molecule has 14 N–H and O–H groups in total. The Labute approximate surface area is 194 Å². The quantitative estimate of drug-likeness (QED) is 0.154. The van der Waals surface area contributed by atoms with E-state index in [9.17, 15) is 40.9 Å². The number of aliphatic hydroxyl groups excluding tert-OH is 8. The van der Waals surface area contributed by atoms with Crippen LogP contribution in [0, 0.1) is 0 Å². The number of aliphatic hydroxyl groups is 8. The van der Waals surface area contributed by atoms with Crippen LogP contribution in [0.3, 0.4) is 0 Å². The summed E-state index contributed by atoms with van der Waals surface area (Å²) < 4.78 is 27.4. The molecule has 0 spiro atoms. The van der Waals surface area contributed by atoms with Crippen molar-refractivity contribution in [1.82, 2.24) is 0 Å². The normalized spacial score (nSPS) is 52.5. The molecule has 0 aromatic carbocycles. The first kappa shape index (κ1) is 27.9. The van der Waals surface area contributed by atoms with Crippen molar-refractivity contribution in [3.05, 3.63) is 0 Å². The molecule has 0 saturated carbocycles. The Morgan fingerprint density at radius 3 is 1.44 bits per heavy atom. The molecule has 3 heterocycles. The summed E-state index contributed by atoms with van der Waals surface area (Å²) in [5.41, 5.74) is 17.6. The van der Waals surface area contributed by atoms with Crippen LogP contribution in [0.4, 0.5) is 0 Å². The second-order valence-corrected chi connectivity index (χ2v) is 8.59. The fourth-order valence-electron chi connectivity index (χ4n) is 4.18. The number of hydrogen-bond acceptors (Lipinski definition) is 16. The van der Waals surface area contributed by atoms with Crippen molar-refractivity contribution in [3.8, 4) is 0 Å². The maximum atomic E-state index is 10.8. The van der Waals surface area contributed by atoms with Crippen molar-refractivity contribution < 1.29 is 64.5 Å². The Kier molecular flexibility index (Phi) is 9.54. The summed E-state index contributed by atoms with van der Waals surface area (Å²) in [5.74, 6) is 0. The maximum absolute atomic E-state index is 10.8. The standard InChI is InChI=1S/C18H35N3O13/c19-7-12(27)14(5(2-23)30-16(7)29)33-18-9(21)13(28)15(6(3-24)32-18)34-17-8(20)11(26)10(25)4(1-22)31-17/h4-18,22-29H,1-3,19-21H2/t4-,5-,6-,7+,8+,9+,10+,11+,12+,13+,14+,15+,16+,17-,18-/m1/s1. The lowest BCUT2D eigenvalue weighted by Gasteiger charge is -2.48. The number of ether oxygens (including phenoxy) is 5. The molecule has 0 amide bonds. The summed E-state index contributed by atoms with van der Waals surface area (Å²) >= 11 is 0. The lowest BCUT2D eigenvalue weighted by Crippen LogP contribution is -2.69. The van der Waals surface area contributed by atoms with E-state index >= 15 is 0 Å². The molecule has 0 unspecified atom stereocenters. The zero-order valence-electron chi connectivity index (χ0n) is 18.1. The van der Waals surface area contributed by atoms with E-state index in [0.29, 0.717) is 0 Å². The summed E-state index contributed by atoms with van der Waals surface area (Å²) in [6.45, 7) is -2.00. The highest BCUT2D eigenvalue weighted by Gasteiger charge is 2.52. The summed E-state index contributed by atoms with van der Waals surface area (Å²) in [7, 11) is 0. The van der Waals surface area contributed by atoms with Gasteiger partial charge >= 0.3 is 0 Å². The van der Waals surface area contributed by atoms with Crippen molar-refractivity contribution in [2.75, 3.05) is 19.8 Å². The van der Waals surface area contributed by atoms with Gasteiger partial charge in [0.2, 0.25) is 0 Å². The molecule has 0 aromatic rings. The minimum absolute atomic E-state index is 0.651. The zero-order valence-corrected chi connectivity index (χ0v) is 18.1. The van der Waals surface area contributed by atoms with Gasteiger partial charge in [0.25, 0.3) is 0 Å². The lowest BCUT2D eigenvalue weighted by molar-refractivity contribution is -0.348. The number of nitrogens with two attached hydrogens (primary N) is 3. The topological polar surface area (TPSA) is 286 Å². The molecule has 3 saturated heterocycles. The third kappa shape index (κ3) is 5.37. The first-order chi connectivity index (χ1) is 16.0. The van der Waals surface area contributed by atoms with E-state index < -0.39 is 112 Å². The average molecular weight is 501 g/mol. The van der Waals surface area contributed by atoms with Gasteiger partial charge in [0.1, 0.15) is 54.9 Å². The van der Waals surface area contributed by atoms with Crippen LogP contribution in [0.5, 0.6) is 0 Å². The van der Waals surface area contributed by atoms with Gasteiger partial charge in [-0.2, -0.15) is 0 Å². The third-order valence-corrected chi connectivity index (χ3v) is 6.33. The Morgan fingerprint density at radius 1 is 0.529 bits per heavy atom. The van der Waals surface area contributed by atoms with Gasteiger partial charge in [-0.15, -0.1) is 0 Å². The van der Waals surface area contributed by atoms with Crippen molar-refractivity contribution in [2.45, 2.75) is 91.9 Å². The van der Waals surface area contributed by atoms with E-state index in [4.69, 9.17) is 40.9 Å². The summed E-state index contributed by atoms with van der Waals surface area (Å²) in [6, 6.07) is -3.87. The average Bonchev–Trinajstić information content (AvgIpc) is 2.83. The molecular weight excluding hydrogens is 466 g/mol. The van der Waals surface area contributed by atoms with Gasteiger partial charge < -0.3 is 81.7 Å². The molecule has 0 aromatic heterocycles. The highest BCUT2D eigenvalue weighted by Crippen LogP contribution is 2.30. The lowest BCUT2D eigenvalue weighted by atomic mass is 9.94. The summed E-state index contributed by atoms with van der Waals surface area (Å²) in [5, 5.41) is 79.6. The predicted molar refractivity (Wildman–Crippen MR) is 107 cm³/mol. The van der Waals surface area contributed by atoms with Crippen molar-refractivity contribution >= 4 is 0 Å². The van der Waals surface area contributed by atoms with Gasteiger partial charge in [-0.25, -0.2) is 0 Å². The molecule has 16 nitrogen and oxygen atoms in total. The van der Waals surface area contributed by atoms with E-state index in [1.165, 1.54) is 0 Å². The van der Waals surface area contributed by atoms with Gasteiger partial charge in [0.15, 0.2) is 18.9 Å². The predicted octanol–water partition coefficient (Wildman–Crippen LogP) is -7.67. The molecule has 3 rings (SSSR count). The van der Waals surface area contributed by atoms with Crippen LogP contribution in [0.15, 0.2) is 0 Å². The molecule has 34 heavy (non-hydrogen) atoms. The first-order valence-electron chi connectivity index (χ1n) is 10.8. The van der Waals surface area contributed by atoms with Crippen LogP contribution in [0.1, 0.15) is 0 Å². The second kappa shape index (κ2) is 11.6. The van der Waals surface area contributed by atoms with Crippen molar-refractivity contribution in [3.63, 3.8) is 0 Å². The first-order valence-corrected chi connectivity index (χ1v) is 10.8. The third-order valence-electron chi connectivity index (χ3n) is 6.33. The van der Waals surface area contributed by atoms with Crippen LogP contribution in [-0.2, 0) is 23.7 Å². The maximum Gasteiger partial charge on any atom is 0.176 e. The Balaban J connectivity index is 1.72. The second-order valence-electron chi connectivity index (χ2n) is 8.59. The van der Waals surface area contributed by atoms with Crippen LogP contribution in [0.25, 0.3) is 0 Å². The van der Waals surface area contributed by atoms with E-state index in [0.717, 1.165) is 0 Å². The Bertz CT molecular complexity index is 646. The van der Waals surface area contributed by atoms with Crippen LogP contribution in [0.2, 0.25) is 0 Å². The van der Waals surface area contributed by atoms with Gasteiger partial charge in [-0.3, -0.25) is 0 Å². The molecule has 3 aliphatic rings. The van der Waals surface area contributed by atoms with E-state index in [-0.39, 0.29) is 0 Å². The molecule has 16 heteroatoms. The van der Waals surface area contributed by atoms with E-state index in [2.05, 4.69) is 0 Å². The largest absolute Gasteiger partial charge is 0.394 e. The fraction of sp³-hybridized carbons (Fsp3) is 1.00. The molecule has 3 fully saturated rings. The van der Waals surface area contributed by atoms with Crippen molar-refractivity contribution in [1.29, 1.82) is 0 Å². The summed E-state index contributed by atoms with van der Waals surface area (Å²) in [4.78, 5) is 0. The van der Waals surface area contributed by atoms with Crippen molar-refractivity contribution in [2.24, 2.45) is 17.2 Å². The molecule has 0 aliphatic carbocycles. The van der Waals surface area contributed by atoms with Crippen LogP contribution < -0.4 is 17.2 Å². The van der Waals surface area contributed by atoms with Gasteiger partial charge in [0.05, 0.1) is 37.9 Å². The van der Waals surface area contributed by atoms with Crippen LogP contribution in [-0.4, -0.2) is 153 Å². The monoisotopic (exact) mass is 501 g/mol. The summed E-state index contributed by atoms with van der Waals surface area (Å²) in [6.07, 6.45) is -16.8. The molecule has 15 atom stereocenters. The molecule has 0 radical (unpaired) electrons. The van der Waals surface area contributed by atoms with Gasteiger partial charge in [-0.1, -0.05) is 0 Å². The zero-order chi connectivity index (χ0) is 25.3. The molecule has 200 valence electrons. The van der Waals surface area contributed by atoms with Gasteiger partial charge in [0, 0.05) is 0 Å². The Morgan fingerprint density at radius 2 is 0.941 bits per heavy atom. The van der Waals surface area contributed by atoms with E-state index in [1.54, 1.807) is 0 Å². The highest BCUT2D eigenvalue weighted by atomic mass is 16.7. The smallest absolute Gasteiger partial charge is 0.176 e. The minimum atomic E-state index is -1.56. The number of rotatable bonds is 7.